The number of nitrogens with one attached hydrogen (secondary N) is 3. The van der Waals surface area contributed by atoms with E-state index in [1.807, 2.05) is 0 Å². The van der Waals surface area contributed by atoms with Gasteiger partial charge in [-0.2, -0.15) is 5.10 Å². The van der Waals surface area contributed by atoms with E-state index in [0.29, 0.717) is 28.1 Å². The van der Waals surface area contributed by atoms with Gasteiger partial charge in [0.05, 0.1) is 12.8 Å². The highest BCUT2D eigenvalue weighted by atomic mass is 32.1. The lowest BCUT2D eigenvalue weighted by atomic mass is 10.2. The topological polar surface area (TPSA) is 113 Å². The Morgan fingerprint density at radius 2 is 2.20 bits per heavy atom. The fourth-order valence-corrected chi connectivity index (χ4v) is 3.17. The van der Waals surface area contributed by atoms with E-state index < -0.39 is 5.97 Å². The van der Waals surface area contributed by atoms with Gasteiger partial charge in [-0.1, -0.05) is 0 Å². The van der Waals surface area contributed by atoms with Gasteiger partial charge in [0, 0.05) is 28.8 Å². The van der Waals surface area contributed by atoms with Crippen molar-refractivity contribution in [2.45, 2.75) is 18.8 Å². The van der Waals surface area contributed by atoms with Crippen LogP contribution in [0.3, 0.4) is 0 Å². The first-order valence-electron chi connectivity index (χ1n) is 7.73. The van der Waals surface area contributed by atoms with E-state index in [4.69, 9.17) is 0 Å². The first-order chi connectivity index (χ1) is 12.1. The summed E-state index contributed by atoms with van der Waals surface area (Å²) >= 11 is 1.31. The number of amides is 1. The number of esters is 1. The standard InChI is InChI=1S/C16H15N5O3S/c1-24-15(23)12-4-9(6-17-12)13-7-25-16(18-13)19-14(22)11-5-10(20-21-11)8-2-3-8/h4-8,17H,2-3H2,1H3,(H,20,21)(H,18,19,22). The minimum atomic E-state index is -0.444. The van der Waals surface area contributed by atoms with Crippen LogP contribution in [0.2, 0.25) is 0 Å². The molecule has 1 fully saturated rings. The highest BCUT2D eigenvalue weighted by Crippen LogP contribution is 2.39. The molecule has 0 atom stereocenters. The molecule has 0 aromatic carbocycles. The van der Waals surface area contributed by atoms with E-state index in [-0.39, 0.29) is 5.91 Å². The number of carbonyl (C=O) groups excluding carboxylic acids is 2. The van der Waals surface area contributed by atoms with E-state index in [1.54, 1.807) is 23.7 Å². The number of carbonyl (C=O) groups is 2. The van der Waals surface area contributed by atoms with Crippen molar-refractivity contribution in [2.24, 2.45) is 0 Å². The van der Waals surface area contributed by atoms with Crippen molar-refractivity contribution in [3.63, 3.8) is 0 Å². The zero-order valence-corrected chi connectivity index (χ0v) is 14.1. The molecule has 0 aliphatic heterocycles. The molecule has 1 aliphatic carbocycles. The molecule has 0 radical (unpaired) electrons. The quantitative estimate of drug-likeness (QED) is 0.608. The van der Waals surface area contributed by atoms with Gasteiger partial charge in [-0.25, -0.2) is 9.78 Å². The molecule has 3 heterocycles. The minimum absolute atomic E-state index is 0.298. The molecule has 3 aromatic heterocycles. The third-order valence-electron chi connectivity index (χ3n) is 3.96. The molecule has 1 amide bonds. The number of aromatic amines is 2. The van der Waals surface area contributed by atoms with Crippen LogP contribution in [0.25, 0.3) is 11.3 Å². The van der Waals surface area contributed by atoms with Gasteiger partial charge in [0.1, 0.15) is 5.69 Å². The van der Waals surface area contributed by atoms with Crippen LogP contribution in [0, 0.1) is 0 Å². The summed E-state index contributed by atoms with van der Waals surface area (Å²) in [5.41, 5.74) is 3.11. The molecular formula is C16H15N5O3S. The van der Waals surface area contributed by atoms with Crippen LogP contribution in [0.5, 0.6) is 0 Å². The van der Waals surface area contributed by atoms with E-state index in [9.17, 15) is 9.59 Å². The van der Waals surface area contributed by atoms with Crippen molar-refractivity contribution in [1.82, 2.24) is 20.2 Å². The van der Waals surface area contributed by atoms with Crippen molar-refractivity contribution < 1.29 is 14.3 Å². The van der Waals surface area contributed by atoms with E-state index in [2.05, 4.69) is 30.2 Å². The summed E-state index contributed by atoms with van der Waals surface area (Å²) in [6, 6.07) is 3.44. The second kappa shape index (κ2) is 6.17. The number of anilines is 1. The fraction of sp³-hybridized carbons (Fsp3) is 0.250. The minimum Gasteiger partial charge on any atom is -0.464 e. The molecule has 128 valence electrons. The number of nitrogens with zero attached hydrogens (tertiary/aromatic N) is 2. The van der Waals surface area contributed by atoms with Crippen LogP contribution >= 0.6 is 11.3 Å². The average molecular weight is 357 g/mol. The highest BCUT2D eigenvalue weighted by molar-refractivity contribution is 7.14. The van der Waals surface area contributed by atoms with Gasteiger partial charge >= 0.3 is 5.97 Å². The van der Waals surface area contributed by atoms with Gasteiger partial charge in [0.2, 0.25) is 0 Å². The molecule has 3 aromatic rings. The lowest BCUT2D eigenvalue weighted by Crippen LogP contribution is -2.12. The maximum atomic E-state index is 12.3. The van der Waals surface area contributed by atoms with Crippen LogP contribution in [0.4, 0.5) is 5.13 Å². The van der Waals surface area contributed by atoms with Gasteiger partial charge in [-0.3, -0.25) is 15.2 Å². The molecule has 4 rings (SSSR count). The maximum Gasteiger partial charge on any atom is 0.354 e. The van der Waals surface area contributed by atoms with Crippen LogP contribution < -0.4 is 5.32 Å². The fourth-order valence-electron chi connectivity index (χ4n) is 2.45. The van der Waals surface area contributed by atoms with Gasteiger partial charge in [-0.05, 0) is 25.0 Å². The van der Waals surface area contributed by atoms with Crippen LogP contribution in [0.1, 0.15) is 45.4 Å². The lowest BCUT2D eigenvalue weighted by molar-refractivity contribution is 0.0594. The number of thiazole rings is 1. The van der Waals surface area contributed by atoms with Gasteiger partial charge < -0.3 is 9.72 Å². The van der Waals surface area contributed by atoms with Gasteiger partial charge in [0.25, 0.3) is 5.91 Å². The number of aromatic nitrogens is 4. The Balaban J connectivity index is 1.46. The van der Waals surface area contributed by atoms with E-state index in [1.165, 1.54) is 18.4 Å². The first kappa shape index (κ1) is 15.6. The summed E-state index contributed by atoms with van der Waals surface area (Å²) in [5, 5.41) is 12.0. The Kier molecular flexibility index (Phi) is 3.85. The number of H-pyrrole nitrogens is 2. The summed E-state index contributed by atoms with van der Waals surface area (Å²) in [6.07, 6.45) is 3.95. The van der Waals surface area contributed by atoms with Gasteiger partial charge in [0.15, 0.2) is 10.8 Å². The van der Waals surface area contributed by atoms with E-state index in [0.717, 1.165) is 24.1 Å². The SMILES string of the molecule is COC(=O)c1cc(-c2csc(NC(=O)c3cc(C4CC4)[nH]n3)n2)c[nH]1. The van der Waals surface area contributed by atoms with Crippen molar-refractivity contribution in [3.8, 4) is 11.3 Å². The Morgan fingerprint density at radius 1 is 1.36 bits per heavy atom. The normalized spacial score (nSPS) is 13.6. The number of methoxy groups -OCH3 is 1. The first-order valence-corrected chi connectivity index (χ1v) is 8.61. The number of hydrogen-bond acceptors (Lipinski definition) is 6. The number of rotatable bonds is 5. The van der Waals surface area contributed by atoms with Crippen LogP contribution in [-0.2, 0) is 4.74 Å². The summed E-state index contributed by atoms with van der Waals surface area (Å²) in [5.74, 6) is -0.230. The zero-order valence-electron chi connectivity index (χ0n) is 13.3. The monoisotopic (exact) mass is 357 g/mol. The summed E-state index contributed by atoms with van der Waals surface area (Å²) in [6.45, 7) is 0. The summed E-state index contributed by atoms with van der Waals surface area (Å²) in [7, 11) is 1.32. The van der Waals surface area contributed by atoms with Crippen molar-refractivity contribution in [3.05, 3.63) is 40.8 Å². The Labute approximate surface area is 146 Å². The molecule has 9 heteroatoms. The predicted molar refractivity (Wildman–Crippen MR) is 91.8 cm³/mol. The van der Waals surface area contributed by atoms with Crippen molar-refractivity contribution >= 4 is 28.3 Å². The highest BCUT2D eigenvalue weighted by Gasteiger charge is 2.26. The lowest BCUT2D eigenvalue weighted by Gasteiger charge is -1.97. The third kappa shape index (κ3) is 3.18. The van der Waals surface area contributed by atoms with Crippen LogP contribution in [-0.4, -0.2) is 39.2 Å². The zero-order chi connectivity index (χ0) is 17.4. The van der Waals surface area contributed by atoms with E-state index >= 15 is 0 Å². The molecule has 1 saturated carbocycles. The number of ether oxygens (including phenoxy) is 1. The smallest absolute Gasteiger partial charge is 0.354 e. The molecule has 25 heavy (non-hydrogen) atoms. The Hall–Kier alpha value is -2.94. The summed E-state index contributed by atoms with van der Waals surface area (Å²) < 4.78 is 4.66. The average Bonchev–Trinajstić information content (AvgIpc) is 3.06. The molecule has 0 saturated heterocycles. The molecule has 3 N–H and O–H groups in total. The molecule has 0 unspecified atom stereocenters. The van der Waals surface area contributed by atoms with Crippen molar-refractivity contribution in [1.29, 1.82) is 0 Å². The van der Waals surface area contributed by atoms with Gasteiger partial charge in [-0.15, -0.1) is 11.3 Å². The molecule has 0 spiro atoms. The molecule has 0 bridgehead atoms. The van der Waals surface area contributed by atoms with Crippen LogP contribution in [0.15, 0.2) is 23.7 Å². The molecule has 1 aliphatic rings. The number of hydrogen-bond donors (Lipinski definition) is 3. The second-order valence-electron chi connectivity index (χ2n) is 5.77. The summed E-state index contributed by atoms with van der Waals surface area (Å²) in [4.78, 5) is 30.9. The predicted octanol–water partition coefficient (Wildman–Crippen LogP) is 2.78. The largest absolute Gasteiger partial charge is 0.464 e. The molecular weight excluding hydrogens is 342 g/mol. The van der Waals surface area contributed by atoms with Crippen molar-refractivity contribution in [2.75, 3.05) is 12.4 Å². The Bertz CT molecular complexity index is 937. The molecule has 8 nitrogen and oxygen atoms in total. The Morgan fingerprint density at radius 3 is 2.96 bits per heavy atom. The maximum absolute atomic E-state index is 12.3. The third-order valence-corrected chi connectivity index (χ3v) is 4.71. The second-order valence-corrected chi connectivity index (χ2v) is 6.63.